The number of ether oxygens (including phenoxy) is 2. The molecule has 0 saturated heterocycles. The van der Waals surface area contributed by atoms with Gasteiger partial charge in [-0.25, -0.2) is 8.42 Å². The average molecular weight is 497 g/mol. The summed E-state index contributed by atoms with van der Waals surface area (Å²) in [5.74, 6) is 1.14. The van der Waals surface area contributed by atoms with Crippen LogP contribution in [0.1, 0.15) is 50.8 Å². The van der Waals surface area contributed by atoms with Gasteiger partial charge in [-0.05, 0) is 69.5 Å². The number of nitrogens with one attached hydrogen (secondary N) is 1. The van der Waals surface area contributed by atoms with Gasteiger partial charge in [0.15, 0.2) is 11.5 Å². The topological polar surface area (TPSA) is 84.9 Å². The molecule has 0 radical (unpaired) electrons. The number of carbonyl (C=O) groups excluding carboxylic acids is 1. The summed E-state index contributed by atoms with van der Waals surface area (Å²) in [5, 5.41) is 3.46. The Hall–Kier alpha value is -2.45. The van der Waals surface area contributed by atoms with Crippen LogP contribution in [0.25, 0.3) is 0 Å². The number of anilines is 1. The Labute approximate surface area is 202 Å². The quantitative estimate of drug-likeness (QED) is 0.453. The number of amides is 1. The number of halogens is 1. The highest BCUT2D eigenvalue weighted by atomic mass is 35.5. The molecular weight excluding hydrogens is 464 g/mol. The van der Waals surface area contributed by atoms with Crippen LogP contribution in [0.5, 0.6) is 11.5 Å². The van der Waals surface area contributed by atoms with Crippen molar-refractivity contribution in [2.24, 2.45) is 0 Å². The van der Waals surface area contributed by atoms with E-state index >= 15 is 0 Å². The van der Waals surface area contributed by atoms with Crippen molar-refractivity contribution in [3.63, 3.8) is 0 Å². The summed E-state index contributed by atoms with van der Waals surface area (Å²) >= 11 is 6.16. The Morgan fingerprint density at radius 2 is 1.79 bits per heavy atom. The minimum atomic E-state index is -3.52. The molecule has 0 bridgehead atoms. The molecule has 33 heavy (non-hydrogen) atoms. The molecule has 1 atom stereocenters. The molecule has 0 spiro atoms. The van der Waals surface area contributed by atoms with E-state index in [-0.39, 0.29) is 24.9 Å². The van der Waals surface area contributed by atoms with Crippen molar-refractivity contribution in [3.8, 4) is 11.5 Å². The molecule has 9 heteroatoms. The lowest BCUT2D eigenvalue weighted by Gasteiger charge is -2.24. The van der Waals surface area contributed by atoms with Crippen LogP contribution in [0.2, 0.25) is 5.02 Å². The van der Waals surface area contributed by atoms with Gasteiger partial charge in [-0.2, -0.15) is 0 Å². The van der Waals surface area contributed by atoms with Crippen molar-refractivity contribution in [2.75, 3.05) is 30.3 Å². The molecule has 7 nitrogen and oxygen atoms in total. The third kappa shape index (κ3) is 7.54. The van der Waals surface area contributed by atoms with Gasteiger partial charge >= 0.3 is 0 Å². The zero-order chi connectivity index (χ0) is 24.6. The molecule has 0 aliphatic carbocycles. The minimum Gasteiger partial charge on any atom is -0.490 e. The predicted octanol–water partition coefficient (Wildman–Crippen LogP) is 4.87. The lowest BCUT2D eigenvalue weighted by atomic mass is 10.1. The second-order valence-corrected chi connectivity index (χ2v) is 10.00. The Balaban J connectivity index is 2.01. The fourth-order valence-electron chi connectivity index (χ4n) is 3.45. The van der Waals surface area contributed by atoms with Crippen LogP contribution in [0.3, 0.4) is 0 Å². The molecule has 0 aromatic heterocycles. The number of rotatable bonds is 12. The van der Waals surface area contributed by atoms with Crippen LogP contribution in [0.15, 0.2) is 36.4 Å². The van der Waals surface area contributed by atoms with Crippen molar-refractivity contribution in [3.05, 3.63) is 52.5 Å². The second-order valence-electron chi connectivity index (χ2n) is 7.68. The average Bonchev–Trinajstić information content (AvgIpc) is 2.74. The maximum Gasteiger partial charge on any atom is 0.232 e. The Morgan fingerprint density at radius 1 is 1.12 bits per heavy atom. The van der Waals surface area contributed by atoms with E-state index in [1.165, 1.54) is 4.31 Å². The Kier molecular flexibility index (Phi) is 9.86. The number of hydrogen-bond acceptors (Lipinski definition) is 5. The van der Waals surface area contributed by atoms with Crippen molar-refractivity contribution in [1.29, 1.82) is 0 Å². The molecule has 0 unspecified atom stereocenters. The molecule has 1 amide bonds. The van der Waals surface area contributed by atoms with Gasteiger partial charge in [0, 0.05) is 18.0 Å². The number of benzene rings is 2. The summed E-state index contributed by atoms with van der Waals surface area (Å²) in [5.41, 5.74) is 2.10. The van der Waals surface area contributed by atoms with Crippen LogP contribution in [-0.4, -0.2) is 40.3 Å². The second kappa shape index (κ2) is 12.1. The van der Waals surface area contributed by atoms with E-state index in [1.807, 2.05) is 39.0 Å². The molecule has 0 aliphatic rings. The number of carbonyl (C=O) groups is 1. The Morgan fingerprint density at radius 3 is 2.42 bits per heavy atom. The minimum absolute atomic E-state index is 0.161. The molecule has 0 saturated carbocycles. The molecule has 0 heterocycles. The van der Waals surface area contributed by atoms with Gasteiger partial charge in [0.25, 0.3) is 0 Å². The van der Waals surface area contributed by atoms with Gasteiger partial charge in [-0.15, -0.1) is 0 Å². The lowest BCUT2D eigenvalue weighted by Crippen LogP contribution is -2.33. The van der Waals surface area contributed by atoms with E-state index in [9.17, 15) is 13.2 Å². The SMILES string of the molecule is CCOc1ccc([C@@H](C)NC(=O)CCCN(c2cccc(Cl)c2C)S(C)(=O)=O)cc1OCC. The normalized spacial score (nSPS) is 12.2. The summed E-state index contributed by atoms with van der Waals surface area (Å²) < 4.78 is 37.2. The highest BCUT2D eigenvalue weighted by molar-refractivity contribution is 7.92. The molecule has 182 valence electrons. The zero-order valence-electron chi connectivity index (χ0n) is 19.9. The predicted molar refractivity (Wildman–Crippen MR) is 133 cm³/mol. The molecular formula is C24H33ClN2O5S. The summed E-state index contributed by atoms with van der Waals surface area (Å²) in [6.45, 7) is 8.69. The molecule has 0 fully saturated rings. The summed E-state index contributed by atoms with van der Waals surface area (Å²) in [6.07, 6.45) is 1.70. The first-order chi connectivity index (χ1) is 15.6. The maximum atomic E-state index is 12.5. The standard InChI is InChI=1S/C24H33ClN2O5S/c1-6-31-22-14-13-19(16-23(22)32-7-2)18(4)26-24(28)12-9-15-27(33(5,29)30)21-11-8-10-20(25)17(21)3/h8,10-11,13-14,16,18H,6-7,9,12,15H2,1-5H3,(H,26,28)/t18-/m1/s1. The highest BCUT2D eigenvalue weighted by Crippen LogP contribution is 2.31. The van der Waals surface area contributed by atoms with Crippen molar-refractivity contribution in [1.82, 2.24) is 5.32 Å². The maximum absolute atomic E-state index is 12.5. The van der Waals surface area contributed by atoms with E-state index in [4.69, 9.17) is 21.1 Å². The smallest absolute Gasteiger partial charge is 0.232 e. The van der Waals surface area contributed by atoms with E-state index in [0.29, 0.717) is 47.4 Å². The summed E-state index contributed by atoms with van der Waals surface area (Å²) in [7, 11) is -3.52. The molecule has 2 aromatic carbocycles. The third-order valence-corrected chi connectivity index (χ3v) is 6.71. The van der Waals surface area contributed by atoms with Crippen LogP contribution in [0, 0.1) is 6.92 Å². The third-order valence-electron chi connectivity index (χ3n) is 5.12. The van der Waals surface area contributed by atoms with Crippen LogP contribution >= 0.6 is 11.6 Å². The summed E-state index contributed by atoms with van der Waals surface area (Å²) in [6, 6.07) is 10.5. The van der Waals surface area contributed by atoms with Gasteiger partial charge in [-0.3, -0.25) is 9.10 Å². The first-order valence-corrected chi connectivity index (χ1v) is 13.2. The molecule has 1 N–H and O–H groups in total. The van der Waals surface area contributed by atoms with E-state index in [0.717, 1.165) is 11.8 Å². The van der Waals surface area contributed by atoms with Crippen molar-refractivity contribution < 1.29 is 22.7 Å². The fourth-order valence-corrected chi connectivity index (χ4v) is 4.63. The molecule has 0 aliphatic heterocycles. The molecule has 2 aromatic rings. The monoisotopic (exact) mass is 496 g/mol. The van der Waals surface area contributed by atoms with Crippen LogP contribution in [0.4, 0.5) is 5.69 Å². The van der Waals surface area contributed by atoms with Crippen molar-refractivity contribution in [2.45, 2.75) is 46.6 Å². The first-order valence-electron chi connectivity index (χ1n) is 11.0. The fraction of sp³-hybridized carbons (Fsp3) is 0.458. The number of hydrogen-bond donors (Lipinski definition) is 1. The van der Waals surface area contributed by atoms with Gasteiger partial charge in [0.05, 0.1) is 31.2 Å². The largest absolute Gasteiger partial charge is 0.490 e. The van der Waals surface area contributed by atoms with Gasteiger partial charge in [0.2, 0.25) is 15.9 Å². The Bertz CT molecular complexity index is 1060. The zero-order valence-corrected chi connectivity index (χ0v) is 21.4. The summed E-state index contributed by atoms with van der Waals surface area (Å²) in [4.78, 5) is 12.5. The van der Waals surface area contributed by atoms with Crippen LogP contribution in [-0.2, 0) is 14.8 Å². The van der Waals surface area contributed by atoms with E-state index < -0.39 is 10.0 Å². The van der Waals surface area contributed by atoms with Crippen molar-refractivity contribution >= 4 is 33.2 Å². The molecule has 2 rings (SSSR count). The van der Waals surface area contributed by atoms with E-state index in [1.54, 1.807) is 25.1 Å². The number of nitrogens with zero attached hydrogens (tertiary/aromatic N) is 1. The first kappa shape index (κ1) is 26.8. The van der Waals surface area contributed by atoms with E-state index in [2.05, 4.69) is 5.32 Å². The highest BCUT2D eigenvalue weighted by Gasteiger charge is 2.21. The lowest BCUT2D eigenvalue weighted by molar-refractivity contribution is -0.121. The van der Waals surface area contributed by atoms with Gasteiger partial charge in [0.1, 0.15) is 0 Å². The van der Waals surface area contributed by atoms with Gasteiger partial charge in [-0.1, -0.05) is 23.7 Å². The van der Waals surface area contributed by atoms with Crippen LogP contribution < -0.4 is 19.1 Å². The van der Waals surface area contributed by atoms with Gasteiger partial charge < -0.3 is 14.8 Å². The number of sulfonamides is 1.